The molecule has 0 radical (unpaired) electrons. The molecular weight excluding hydrogens is 222 g/mol. The fourth-order valence-electron chi connectivity index (χ4n) is 1.31. The average Bonchev–Trinajstić information content (AvgIpc) is 2.16. The molecule has 0 aliphatic carbocycles. The zero-order chi connectivity index (χ0) is 12.2. The summed E-state index contributed by atoms with van der Waals surface area (Å²) in [5.41, 5.74) is 1.05. The van der Waals surface area contributed by atoms with Crippen LogP contribution in [0.3, 0.4) is 0 Å². The van der Waals surface area contributed by atoms with E-state index in [4.69, 9.17) is 11.6 Å². The van der Waals surface area contributed by atoms with Crippen molar-refractivity contribution in [2.24, 2.45) is 5.41 Å². The van der Waals surface area contributed by atoms with Gasteiger partial charge in [-0.05, 0) is 23.1 Å². The summed E-state index contributed by atoms with van der Waals surface area (Å²) < 4.78 is 0. The number of halogens is 1. The molecular formula is C13H20ClNO. The van der Waals surface area contributed by atoms with Crippen LogP contribution in [-0.2, 0) is 6.54 Å². The van der Waals surface area contributed by atoms with E-state index in [0.29, 0.717) is 6.54 Å². The van der Waals surface area contributed by atoms with Crippen molar-refractivity contribution in [1.29, 1.82) is 0 Å². The Bertz CT molecular complexity index is 333. The van der Waals surface area contributed by atoms with Crippen LogP contribution in [0.5, 0.6) is 0 Å². The molecule has 90 valence electrons. The molecule has 0 aliphatic rings. The molecule has 1 aromatic rings. The van der Waals surface area contributed by atoms with Gasteiger partial charge >= 0.3 is 0 Å². The van der Waals surface area contributed by atoms with Crippen LogP contribution in [-0.4, -0.2) is 17.8 Å². The maximum absolute atomic E-state index is 9.83. The SMILES string of the molecule is CC(C)(C)C(O)CNCc1cccc(Cl)c1. The summed E-state index contributed by atoms with van der Waals surface area (Å²) in [6.07, 6.45) is -0.341. The van der Waals surface area contributed by atoms with E-state index in [-0.39, 0.29) is 11.5 Å². The number of benzene rings is 1. The normalized spacial score (nSPS) is 13.8. The third-order valence-corrected chi connectivity index (χ3v) is 2.79. The molecule has 16 heavy (non-hydrogen) atoms. The van der Waals surface area contributed by atoms with Crippen molar-refractivity contribution in [3.63, 3.8) is 0 Å². The van der Waals surface area contributed by atoms with Crippen molar-refractivity contribution in [2.45, 2.75) is 33.4 Å². The van der Waals surface area contributed by atoms with Gasteiger partial charge in [-0.3, -0.25) is 0 Å². The van der Waals surface area contributed by atoms with Crippen molar-refractivity contribution in [1.82, 2.24) is 5.32 Å². The molecule has 0 saturated carbocycles. The fourth-order valence-corrected chi connectivity index (χ4v) is 1.52. The molecule has 1 aromatic carbocycles. The van der Waals surface area contributed by atoms with Crippen molar-refractivity contribution >= 4 is 11.6 Å². The number of hydrogen-bond acceptors (Lipinski definition) is 2. The summed E-state index contributed by atoms with van der Waals surface area (Å²) >= 11 is 5.88. The predicted octanol–water partition coefficient (Wildman–Crippen LogP) is 2.84. The lowest BCUT2D eigenvalue weighted by molar-refractivity contribution is 0.0628. The van der Waals surface area contributed by atoms with E-state index in [1.807, 2.05) is 45.0 Å². The van der Waals surface area contributed by atoms with E-state index >= 15 is 0 Å². The maximum Gasteiger partial charge on any atom is 0.0712 e. The molecule has 0 heterocycles. The first-order valence-electron chi connectivity index (χ1n) is 5.53. The molecule has 2 N–H and O–H groups in total. The number of aliphatic hydroxyl groups is 1. The molecule has 1 unspecified atom stereocenters. The van der Waals surface area contributed by atoms with Gasteiger partial charge in [-0.2, -0.15) is 0 Å². The second-order valence-corrected chi connectivity index (χ2v) is 5.58. The Morgan fingerprint density at radius 2 is 2.06 bits per heavy atom. The summed E-state index contributed by atoms with van der Waals surface area (Å²) in [5, 5.41) is 13.8. The average molecular weight is 242 g/mol. The molecule has 0 aromatic heterocycles. The van der Waals surface area contributed by atoms with Crippen LogP contribution in [0, 0.1) is 5.41 Å². The van der Waals surface area contributed by atoms with Gasteiger partial charge in [0.2, 0.25) is 0 Å². The van der Waals surface area contributed by atoms with E-state index in [1.54, 1.807) is 0 Å². The summed E-state index contributed by atoms with van der Waals surface area (Å²) in [6, 6.07) is 7.73. The molecule has 0 bridgehead atoms. The monoisotopic (exact) mass is 241 g/mol. The van der Waals surface area contributed by atoms with E-state index in [0.717, 1.165) is 17.1 Å². The highest BCUT2D eigenvalue weighted by Gasteiger charge is 2.21. The number of hydrogen-bond donors (Lipinski definition) is 2. The summed E-state index contributed by atoms with van der Waals surface area (Å²) in [7, 11) is 0. The van der Waals surface area contributed by atoms with Gasteiger partial charge in [0.15, 0.2) is 0 Å². The highest BCUT2D eigenvalue weighted by molar-refractivity contribution is 6.30. The fraction of sp³-hybridized carbons (Fsp3) is 0.538. The third kappa shape index (κ3) is 4.52. The van der Waals surface area contributed by atoms with Gasteiger partial charge in [0, 0.05) is 18.1 Å². The van der Waals surface area contributed by atoms with Crippen LogP contribution < -0.4 is 5.32 Å². The Morgan fingerprint density at radius 1 is 1.38 bits per heavy atom. The molecule has 0 saturated heterocycles. The zero-order valence-electron chi connectivity index (χ0n) is 10.1. The number of aliphatic hydroxyl groups excluding tert-OH is 1. The molecule has 0 aliphatic heterocycles. The van der Waals surface area contributed by atoms with Gasteiger partial charge in [-0.1, -0.05) is 44.5 Å². The van der Waals surface area contributed by atoms with Gasteiger partial charge in [0.25, 0.3) is 0 Å². The van der Waals surface area contributed by atoms with E-state index in [1.165, 1.54) is 0 Å². The van der Waals surface area contributed by atoms with E-state index in [2.05, 4.69) is 5.32 Å². The van der Waals surface area contributed by atoms with Gasteiger partial charge in [0.1, 0.15) is 0 Å². The van der Waals surface area contributed by atoms with Gasteiger partial charge in [-0.15, -0.1) is 0 Å². The topological polar surface area (TPSA) is 32.3 Å². The highest BCUT2D eigenvalue weighted by Crippen LogP contribution is 2.18. The Balaban J connectivity index is 2.36. The lowest BCUT2D eigenvalue weighted by atomic mass is 9.89. The van der Waals surface area contributed by atoms with Gasteiger partial charge in [-0.25, -0.2) is 0 Å². The van der Waals surface area contributed by atoms with Crippen LogP contribution in [0.4, 0.5) is 0 Å². The van der Waals surface area contributed by atoms with Crippen molar-refractivity contribution in [3.8, 4) is 0 Å². The molecule has 1 atom stereocenters. The molecule has 0 fully saturated rings. The van der Waals surface area contributed by atoms with Gasteiger partial charge in [0.05, 0.1) is 6.10 Å². The second-order valence-electron chi connectivity index (χ2n) is 5.14. The Labute approximate surface area is 103 Å². The third-order valence-electron chi connectivity index (χ3n) is 2.56. The molecule has 3 heteroatoms. The van der Waals surface area contributed by atoms with Crippen molar-refractivity contribution in [3.05, 3.63) is 34.9 Å². The number of rotatable bonds is 4. The first-order chi connectivity index (χ1) is 7.39. The molecule has 0 amide bonds. The molecule has 0 spiro atoms. The minimum Gasteiger partial charge on any atom is -0.391 e. The highest BCUT2D eigenvalue weighted by atomic mass is 35.5. The Morgan fingerprint density at radius 3 is 2.62 bits per heavy atom. The minimum absolute atomic E-state index is 0.0820. The maximum atomic E-state index is 9.83. The molecule has 1 rings (SSSR count). The predicted molar refractivity (Wildman–Crippen MR) is 68.6 cm³/mol. The van der Waals surface area contributed by atoms with E-state index in [9.17, 15) is 5.11 Å². The first kappa shape index (κ1) is 13.5. The van der Waals surface area contributed by atoms with Gasteiger partial charge < -0.3 is 10.4 Å². The first-order valence-corrected chi connectivity index (χ1v) is 5.90. The standard InChI is InChI=1S/C13H20ClNO/c1-13(2,3)12(16)9-15-8-10-5-4-6-11(14)7-10/h4-7,12,15-16H,8-9H2,1-3H3. The summed E-state index contributed by atoms with van der Waals surface area (Å²) in [4.78, 5) is 0. The van der Waals surface area contributed by atoms with Crippen LogP contribution in [0.1, 0.15) is 26.3 Å². The summed E-state index contributed by atoms with van der Waals surface area (Å²) in [6.45, 7) is 7.40. The van der Waals surface area contributed by atoms with Crippen molar-refractivity contribution in [2.75, 3.05) is 6.54 Å². The number of nitrogens with one attached hydrogen (secondary N) is 1. The van der Waals surface area contributed by atoms with Crippen LogP contribution in [0.25, 0.3) is 0 Å². The Kier molecular flexibility index (Phi) is 4.78. The summed E-state index contributed by atoms with van der Waals surface area (Å²) in [5.74, 6) is 0. The van der Waals surface area contributed by atoms with Crippen LogP contribution in [0.2, 0.25) is 5.02 Å². The van der Waals surface area contributed by atoms with Crippen molar-refractivity contribution < 1.29 is 5.11 Å². The smallest absolute Gasteiger partial charge is 0.0712 e. The Hall–Kier alpha value is -0.570. The zero-order valence-corrected chi connectivity index (χ0v) is 10.9. The second kappa shape index (κ2) is 5.67. The van der Waals surface area contributed by atoms with Crippen LogP contribution in [0.15, 0.2) is 24.3 Å². The lowest BCUT2D eigenvalue weighted by Gasteiger charge is -2.26. The largest absolute Gasteiger partial charge is 0.391 e. The van der Waals surface area contributed by atoms with Crippen LogP contribution >= 0.6 is 11.6 Å². The molecule has 2 nitrogen and oxygen atoms in total. The van der Waals surface area contributed by atoms with E-state index < -0.39 is 0 Å². The quantitative estimate of drug-likeness (QED) is 0.850. The lowest BCUT2D eigenvalue weighted by Crippen LogP contribution is -2.36. The minimum atomic E-state index is -0.341.